The van der Waals surface area contributed by atoms with Crippen molar-refractivity contribution in [3.63, 3.8) is 0 Å². The summed E-state index contributed by atoms with van der Waals surface area (Å²) in [5.41, 5.74) is 3.00. The van der Waals surface area contributed by atoms with E-state index in [0.29, 0.717) is 18.7 Å². The van der Waals surface area contributed by atoms with Gasteiger partial charge in [0, 0.05) is 18.2 Å². The molecule has 0 atom stereocenters. The summed E-state index contributed by atoms with van der Waals surface area (Å²) >= 11 is 0. The molecule has 4 amide bonds. The van der Waals surface area contributed by atoms with Crippen LogP contribution in [0.5, 0.6) is 0 Å². The summed E-state index contributed by atoms with van der Waals surface area (Å²) in [5, 5.41) is 2.87. The van der Waals surface area contributed by atoms with Crippen molar-refractivity contribution in [3.8, 4) is 0 Å². The smallest absolute Gasteiger partial charge is 0.332 e. The maximum atomic E-state index is 12.7. The lowest BCUT2D eigenvalue weighted by Gasteiger charge is -2.19. The molecule has 0 radical (unpaired) electrons. The molecule has 3 aromatic carbocycles. The zero-order valence-electron chi connectivity index (χ0n) is 17.7. The van der Waals surface area contributed by atoms with Crippen molar-refractivity contribution in [2.75, 3.05) is 24.5 Å². The monoisotopic (exact) mass is 427 g/mol. The second-order valence-electron chi connectivity index (χ2n) is 7.70. The molecule has 1 aliphatic heterocycles. The average molecular weight is 428 g/mol. The van der Waals surface area contributed by atoms with Crippen LogP contribution < -0.4 is 10.2 Å². The van der Waals surface area contributed by atoms with Gasteiger partial charge in [0.05, 0.1) is 0 Å². The van der Waals surface area contributed by atoms with Crippen molar-refractivity contribution in [2.45, 2.75) is 12.3 Å². The molecule has 32 heavy (non-hydrogen) atoms. The van der Waals surface area contributed by atoms with Crippen LogP contribution in [0.4, 0.5) is 10.5 Å². The topological polar surface area (TPSA) is 69.7 Å². The van der Waals surface area contributed by atoms with Crippen molar-refractivity contribution in [3.05, 3.63) is 102 Å². The Hall–Kier alpha value is -3.93. The molecule has 0 bridgehead atoms. The second-order valence-corrected chi connectivity index (χ2v) is 7.70. The molecular formula is C26H25N3O3. The molecule has 162 valence electrons. The van der Waals surface area contributed by atoms with Gasteiger partial charge in [0.25, 0.3) is 5.91 Å². The number of carbonyl (C=O) groups excluding carboxylic acids is 3. The van der Waals surface area contributed by atoms with E-state index in [2.05, 4.69) is 29.6 Å². The van der Waals surface area contributed by atoms with Crippen LogP contribution in [-0.2, 0) is 9.59 Å². The van der Waals surface area contributed by atoms with Gasteiger partial charge < -0.3 is 5.32 Å². The number of hydrogen-bond donors (Lipinski definition) is 1. The number of anilines is 1. The number of nitrogens with one attached hydrogen (secondary N) is 1. The molecule has 1 heterocycles. The van der Waals surface area contributed by atoms with Crippen molar-refractivity contribution < 1.29 is 14.4 Å². The van der Waals surface area contributed by atoms with Crippen molar-refractivity contribution in [1.82, 2.24) is 10.2 Å². The van der Waals surface area contributed by atoms with E-state index in [4.69, 9.17) is 0 Å². The first-order valence-corrected chi connectivity index (χ1v) is 10.7. The molecule has 0 spiro atoms. The van der Waals surface area contributed by atoms with Crippen molar-refractivity contribution >= 4 is 23.5 Å². The number of carbonyl (C=O) groups is 3. The standard InChI is InChI=1S/C26H25N3O3/c30-24(18-29-25(31)19-28(26(29)32)22-14-8-3-9-15-22)27-17-16-23(20-10-4-1-5-11-20)21-12-6-2-7-13-21/h1-15,23H,16-19H2,(H,27,30). The zero-order chi connectivity index (χ0) is 22.3. The number of nitrogens with zero attached hydrogens (tertiary/aromatic N) is 2. The fraction of sp³-hybridized carbons (Fsp3) is 0.192. The summed E-state index contributed by atoms with van der Waals surface area (Å²) in [6, 6.07) is 28.8. The minimum atomic E-state index is -0.470. The first-order valence-electron chi connectivity index (χ1n) is 10.7. The zero-order valence-corrected chi connectivity index (χ0v) is 17.7. The first kappa shape index (κ1) is 21.3. The molecule has 4 rings (SSSR count). The lowest BCUT2D eigenvalue weighted by Crippen LogP contribution is -2.41. The molecule has 0 saturated carbocycles. The van der Waals surface area contributed by atoms with Gasteiger partial charge in [-0.05, 0) is 29.7 Å². The van der Waals surface area contributed by atoms with Crippen LogP contribution in [0.2, 0.25) is 0 Å². The number of rotatable bonds is 8. The predicted octanol–water partition coefficient (Wildman–Crippen LogP) is 3.79. The predicted molar refractivity (Wildman–Crippen MR) is 123 cm³/mol. The van der Waals surface area contributed by atoms with Crippen LogP contribution in [0.15, 0.2) is 91.0 Å². The van der Waals surface area contributed by atoms with Crippen molar-refractivity contribution in [1.29, 1.82) is 0 Å². The number of amides is 4. The average Bonchev–Trinajstić information content (AvgIpc) is 3.12. The van der Waals surface area contributed by atoms with E-state index in [9.17, 15) is 14.4 Å². The third-order valence-electron chi connectivity index (χ3n) is 5.58. The quantitative estimate of drug-likeness (QED) is 0.556. The molecule has 0 unspecified atom stereocenters. The lowest BCUT2D eigenvalue weighted by atomic mass is 9.88. The Morgan fingerprint density at radius 1 is 0.812 bits per heavy atom. The van der Waals surface area contributed by atoms with Crippen molar-refractivity contribution in [2.24, 2.45) is 0 Å². The van der Waals surface area contributed by atoms with Crippen LogP contribution in [0.25, 0.3) is 0 Å². The van der Waals surface area contributed by atoms with E-state index in [1.165, 1.54) is 16.0 Å². The van der Waals surface area contributed by atoms with Crippen LogP contribution >= 0.6 is 0 Å². The summed E-state index contributed by atoms with van der Waals surface area (Å²) in [6.07, 6.45) is 0.706. The lowest BCUT2D eigenvalue weighted by molar-refractivity contribution is -0.130. The molecule has 6 heteroatoms. The number of urea groups is 1. The highest BCUT2D eigenvalue weighted by molar-refractivity contribution is 6.13. The molecule has 1 fully saturated rings. The number of benzene rings is 3. The minimum absolute atomic E-state index is 0.0553. The Morgan fingerprint density at radius 2 is 1.34 bits per heavy atom. The summed E-state index contributed by atoms with van der Waals surface area (Å²) in [6.45, 7) is 0.106. The largest absolute Gasteiger partial charge is 0.355 e. The van der Waals surface area contributed by atoms with Gasteiger partial charge in [-0.1, -0.05) is 78.9 Å². The molecule has 1 N–H and O–H groups in total. The van der Waals surface area contributed by atoms with Gasteiger partial charge in [-0.15, -0.1) is 0 Å². The second kappa shape index (κ2) is 9.92. The number of para-hydroxylation sites is 1. The molecule has 1 aliphatic rings. The molecular weight excluding hydrogens is 402 g/mol. The maximum absolute atomic E-state index is 12.7. The normalized spacial score (nSPS) is 13.7. The third-order valence-corrected chi connectivity index (χ3v) is 5.58. The number of imide groups is 1. The molecule has 0 aliphatic carbocycles. The van der Waals surface area contributed by atoms with Gasteiger partial charge in [0.15, 0.2) is 0 Å². The fourth-order valence-corrected chi connectivity index (χ4v) is 3.96. The van der Waals surface area contributed by atoms with Crippen LogP contribution in [0, 0.1) is 0 Å². The summed E-state index contributed by atoms with van der Waals surface area (Å²) in [7, 11) is 0. The van der Waals surface area contributed by atoms with Gasteiger partial charge in [0.2, 0.25) is 5.91 Å². The Morgan fingerprint density at radius 3 is 1.91 bits per heavy atom. The van der Waals surface area contributed by atoms with E-state index in [0.717, 1.165) is 4.90 Å². The summed E-state index contributed by atoms with van der Waals surface area (Å²) in [4.78, 5) is 39.9. The molecule has 0 aromatic heterocycles. The molecule has 1 saturated heterocycles. The first-order chi connectivity index (χ1) is 15.6. The van der Waals surface area contributed by atoms with Gasteiger partial charge >= 0.3 is 6.03 Å². The minimum Gasteiger partial charge on any atom is -0.355 e. The van der Waals surface area contributed by atoms with Gasteiger partial charge in [-0.3, -0.25) is 19.4 Å². The van der Waals surface area contributed by atoms with Gasteiger partial charge in [-0.2, -0.15) is 0 Å². The molecule has 3 aromatic rings. The van der Waals surface area contributed by atoms with E-state index >= 15 is 0 Å². The summed E-state index contributed by atoms with van der Waals surface area (Å²) in [5.74, 6) is -0.580. The Kier molecular flexibility index (Phi) is 6.60. The van der Waals surface area contributed by atoms with E-state index < -0.39 is 6.03 Å². The third kappa shape index (κ3) is 4.86. The highest BCUT2D eigenvalue weighted by atomic mass is 16.2. The highest BCUT2D eigenvalue weighted by Gasteiger charge is 2.37. The SMILES string of the molecule is O=C(CN1C(=O)CN(c2ccccc2)C1=O)NCCC(c1ccccc1)c1ccccc1. The Bertz CT molecular complexity index is 1030. The van der Waals surface area contributed by atoms with E-state index in [1.54, 1.807) is 24.3 Å². The molecule has 6 nitrogen and oxygen atoms in total. The van der Waals surface area contributed by atoms with Gasteiger partial charge in [0.1, 0.15) is 13.1 Å². The van der Waals surface area contributed by atoms with Gasteiger partial charge in [-0.25, -0.2) is 4.79 Å². The van der Waals surface area contributed by atoms with E-state index in [-0.39, 0.29) is 30.8 Å². The maximum Gasteiger partial charge on any atom is 0.332 e. The Balaban J connectivity index is 1.35. The van der Waals surface area contributed by atoms with E-state index in [1.807, 2.05) is 42.5 Å². The number of hydrogen-bond acceptors (Lipinski definition) is 3. The van der Waals surface area contributed by atoms with Crippen LogP contribution in [-0.4, -0.2) is 42.4 Å². The van der Waals surface area contributed by atoms with Crippen LogP contribution in [0.1, 0.15) is 23.5 Å². The highest BCUT2D eigenvalue weighted by Crippen LogP contribution is 2.27. The Labute approximate surface area is 187 Å². The fourth-order valence-electron chi connectivity index (χ4n) is 3.96. The van der Waals surface area contributed by atoms with Crippen LogP contribution in [0.3, 0.4) is 0 Å². The summed E-state index contributed by atoms with van der Waals surface area (Å²) < 4.78 is 0.